The molecular formula is C25H48O3. The lowest BCUT2D eigenvalue weighted by Gasteiger charge is -2.24. The van der Waals surface area contributed by atoms with Gasteiger partial charge in [0.15, 0.2) is 0 Å². The van der Waals surface area contributed by atoms with Crippen molar-refractivity contribution in [3.63, 3.8) is 0 Å². The van der Waals surface area contributed by atoms with Crippen molar-refractivity contribution in [2.24, 2.45) is 11.8 Å². The summed E-state index contributed by atoms with van der Waals surface area (Å²) in [5.74, 6) is 1.03. The van der Waals surface area contributed by atoms with Crippen molar-refractivity contribution < 1.29 is 14.3 Å². The van der Waals surface area contributed by atoms with Crippen LogP contribution in [-0.4, -0.2) is 18.4 Å². The van der Waals surface area contributed by atoms with Gasteiger partial charge in [-0.15, -0.1) is 0 Å². The third-order valence-corrected chi connectivity index (χ3v) is 5.45. The van der Waals surface area contributed by atoms with Crippen molar-refractivity contribution in [2.75, 3.05) is 6.61 Å². The molecule has 0 spiro atoms. The van der Waals surface area contributed by atoms with Crippen LogP contribution in [0.25, 0.3) is 0 Å². The van der Waals surface area contributed by atoms with E-state index >= 15 is 0 Å². The van der Waals surface area contributed by atoms with Crippen LogP contribution in [0.15, 0.2) is 12.2 Å². The Labute approximate surface area is 175 Å². The first-order chi connectivity index (χ1) is 13.3. The highest BCUT2D eigenvalue weighted by atomic mass is 16.7. The van der Waals surface area contributed by atoms with Crippen LogP contribution in [0.2, 0.25) is 0 Å². The van der Waals surface area contributed by atoms with E-state index in [1.54, 1.807) is 0 Å². The van der Waals surface area contributed by atoms with Gasteiger partial charge in [-0.05, 0) is 38.5 Å². The molecule has 0 aromatic rings. The average molecular weight is 397 g/mol. The summed E-state index contributed by atoms with van der Waals surface area (Å²) in [4.78, 5) is 12.2. The Morgan fingerprint density at radius 2 is 1.50 bits per heavy atom. The maximum atomic E-state index is 12.2. The molecule has 166 valence electrons. The summed E-state index contributed by atoms with van der Waals surface area (Å²) in [6.45, 7) is 13.2. The van der Waals surface area contributed by atoms with Crippen LogP contribution in [0.1, 0.15) is 119 Å². The van der Waals surface area contributed by atoms with Gasteiger partial charge < -0.3 is 9.47 Å². The fourth-order valence-corrected chi connectivity index (χ4v) is 3.23. The summed E-state index contributed by atoms with van der Waals surface area (Å²) >= 11 is 0. The van der Waals surface area contributed by atoms with Crippen molar-refractivity contribution in [2.45, 2.75) is 124 Å². The van der Waals surface area contributed by atoms with Crippen LogP contribution in [0.5, 0.6) is 0 Å². The molecule has 0 aliphatic heterocycles. The monoisotopic (exact) mass is 396 g/mol. The van der Waals surface area contributed by atoms with E-state index in [4.69, 9.17) is 9.47 Å². The molecule has 1 atom stereocenters. The molecule has 0 aliphatic rings. The predicted molar refractivity (Wildman–Crippen MR) is 121 cm³/mol. The van der Waals surface area contributed by atoms with Crippen molar-refractivity contribution >= 4 is 6.16 Å². The number of rotatable bonds is 17. The molecule has 0 saturated heterocycles. The maximum absolute atomic E-state index is 12.2. The lowest BCUT2D eigenvalue weighted by Crippen LogP contribution is -2.29. The van der Waals surface area contributed by atoms with Gasteiger partial charge in [-0.3, -0.25) is 0 Å². The second-order valence-electron chi connectivity index (χ2n) is 9.01. The molecule has 3 nitrogen and oxygen atoms in total. The largest absolute Gasteiger partial charge is 0.508 e. The Morgan fingerprint density at radius 3 is 2.00 bits per heavy atom. The Hall–Kier alpha value is -0.990. The summed E-state index contributed by atoms with van der Waals surface area (Å²) in [5, 5.41) is 0. The first-order valence-corrected chi connectivity index (χ1v) is 11.9. The number of hydrogen-bond acceptors (Lipinski definition) is 3. The summed E-state index contributed by atoms with van der Waals surface area (Å²) in [7, 11) is 0. The van der Waals surface area contributed by atoms with Gasteiger partial charge in [-0.1, -0.05) is 97.6 Å². The highest BCUT2D eigenvalue weighted by Crippen LogP contribution is 2.21. The highest BCUT2D eigenvalue weighted by molar-refractivity contribution is 5.60. The van der Waals surface area contributed by atoms with Gasteiger partial charge in [0.25, 0.3) is 0 Å². The van der Waals surface area contributed by atoms with E-state index < -0.39 is 11.8 Å². The molecule has 0 saturated carbocycles. The number of carbonyl (C=O) groups is 1. The van der Waals surface area contributed by atoms with Gasteiger partial charge in [0.2, 0.25) is 0 Å². The van der Waals surface area contributed by atoms with E-state index in [0.29, 0.717) is 24.9 Å². The molecule has 0 radical (unpaired) electrons. The average Bonchev–Trinajstić information content (AvgIpc) is 2.65. The van der Waals surface area contributed by atoms with E-state index in [-0.39, 0.29) is 0 Å². The Kier molecular flexibility index (Phi) is 16.3. The maximum Gasteiger partial charge on any atom is 0.508 e. The Morgan fingerprint density at radius 1 is 0.929 bits per heavy atom. The SMILES string of the molecule is CCCCCCC(CCCCCC)COC(=O)OC(C)(C)C/C=C/C(C)CC. The van der Waals surface area contributed by atoms with E-state index in [1.165, 1.54) is 51.4 Å². The standard InChI is InChI=1S/C25H48O3/c1-7-10-12-14-18-23(19-15-13-11-8-2)21-27-24(26)28-25(5,6)20-16-17-22(4)9-3/h16-17,22-23H,7-15,18-21H2,1-6H3/b17-16+. The smallest absolute Gasteiger partial charge is 0.434 e. The zero-order chi connectivity index (χ0) is 21.3. The summed E-state index contributed by atoms with van der Waals surface area (Å²) in [6, 6.07) is 0. The first kappa shape index (κ1) is 27.0. The summed E-state index contributed by atoms with van der Waals surface area (Å²) in [5.41, 5.74) is -0.529. The second-order valence-corrected chi connectivity index (χ2v) is 9.01. The minimum atomic E-state index is -0.529. The van der Waals surface area contributed by atoms with E-state index in [9.17, 15) is 4.79 Å². The van der Waals surface area contributed by atoms with E-state index in [0.717, 1.165) is 19.3 Å². The molecule has 0 heterocycles. The third kappa shape index (κ3) is 16.0. The molecule has 0 aromatic heterocycles. The summed E-state index contributed by atoms with van der Waals surface area (Å²) in [6.07, 6.45) is 18.1. The quantitative estimate of drug-likeness (QED) is 0.140. The fourth-order valence-electron chi connectivity index (χ4n) is 3.23. The van der Waals surface area contributed by atoms with Crippen molar-refractivity contribution in [3.8, 4) is 0 Å². The number of ether oxygens (including phenoxy) is 2. The molecule has 0 bridgehead atoms. The lowest BCUT2D eigenvalue weighted by atomic mass is 9.95. The Bertz CT molecular complexity index is 389. The molecule has 1 unspecified atom stereocenters. The number of unbranched alkanes of at least 4 members (excludes halogenated alkanes) is 6. The van der Waals surface area contributed by atoms with Gasteiger partial charge in [0.1, 0.15) is 5.60 Å². The van der Waals surface area contributed by atoms with Crippen LogP contribution >= 0.6 is 0 Å². The highest BCUT2D eigenvalue weighted by Gasteiger charge is 2.23. The first-order valence-electron chi connectivity index (χ1n) is 11.9. The van der Waals surface area contributed by atoms with Crippen LogP contribution in [0, 0.1) is 11.8 Å². The Balaban J connectivity index is 4.34. The minimum Gasteiger partial charge on any atom is -0.434 e. The van der Waals surface area contributed by atoms with Gasteiger partial charge in [-0.25, -0.2) is 4.79 Å². The lowest BCUT2D eigenvalue weighted by molar-refractivity contribution is -0.0214. The zero-order valence-electron chi connectivity index (χ0n) is 19.7. The minimum absolute atomic E-state index is 0.467. The van der Waals surface area contributed by atoms with E-state index in [1.807, 2.05) is 13.8 Å². The van der Waals surface area contributed by atoms with Crippen molar-refractivity contribution in [3.05, 3.63) is 12.2 Å². The number of hydrogen-bond donors (Lipinski definition) is 0. The summed E-state index contributed by atoms with van der Waals surface area (Å²) < 4.78 is 11.1. The van der Waals surface area contributed by atoms with Crippen molar-refractivity contribution in [1.82, 2.24) is 0 Å². The molecule has 0 aliphatic carbocycles. The molecule has 3 heteroatoms. The van der Waals surface area contributed by atoms with Crippen LogP contribution < -0.4 is 0 Å². The van der Waals surface area contributed by atoms with Gasteiger partial charge in [0.05, 0.1) is 6.61 Å². The van der Waals surface area contributed by atoms with Gasteiger partial charge >= 0.3 is 6.16 Å². The molecule has 0 amide bonds. The predicted octanol–water partition coefficient (Wildman–Crippen LogP) is 8.47. The molecule has 0 fully saturated rings. The van der Waals surface area contributed by atoms with Gasteiger partial charge in [0, 0.05) is 6.42 Å². The van der Waals surface area contributed by atoms with Crippen molar-refractivity contribution in [1.29, 1.82) is 0 Å². The van der Waals surface area contributed by atoms with Crippen LogP contribution in [0.4, 0.5) is 4.79 Å². The second kappa shape index (κ2) is 16.9. The molecule has 0 aromatic carbocycles. The number of carbonyl (C=O) groups excluding carboxylic acids is 1. The number of allylic oxidation sites excluding steroid dienone is 1. The van der Waals surface area contributed by atoms with Crippen LogP contribution in [-0.2, 0) is 9.47 Å². The normalized spacial score (nSPS) is 13.2. The molecule has 28 heavy (non-hydrogen) atoms. The van der Waals surface area contributed by atoms with Gasteiger partial charge in [-0.2, -0.15) is 0 Å². The molecular weight excluding hydrogens is 348 g/mol. The van der Waals surface area contributed by atoms with Crippen LogP contribution in [0.3, 0.4) is 0 Å². The molecule has 0 N–H and O–H groups in total. The third-order valence-electron chi connectivity index (χ3n) is 5.45. The zero-order valence-corrected chi connectivity index (χ0v) is 19.7. The topological polar surface area (TPSA) is 35.5 Å². The fraction of sp³-hybridized carbons (Fsp3) is 0.880. The molecule has 0 rings (SSSR count). The van der Waals surface area contributed by atoms with E-state index in [2.05, 4.69) is 39.8 Å².